The maximum Gasteiger partial charge on any atom is 0.325 e. The van der Waals surface area contributed by atoms with Gasteiger partial charge in [-0.25, -0.2) is 9.59 Å². The fourth-order valence-corrected chi connectivity index (χ4v) is 3.74. The Morgan fingerprint density at radius 3 is 2.21 bits per heavy atom. The van der Waals surface area contributed by atoms with Gasteiger partial charge in [-0.3, -0.25) is 19.4 Å². The average Bonchev–Trinajstić information content (AvgIpc) is 3.26. The van der Waals surface area contributed by atoms with Crippen molar-refractivity contribution in [2.45, 2.75) is 12.0 Å². The van der Waals surface area contributed by atoms with E-state index in [0.717, 1.165) is 15.4 Å². The van der Waals surface area contributed by atoms with Gasteiger partial charge in [0.15, 0.2) is 5.54 Å². The van der Waals surface area contributed by atoms with Crippen molar-refractivity contribution in [3.8, 4) is 0 Å². The number of nitrogens with zero attached hydrogens (tertiary/aromatic N) is 2. The van der Waals surface area contributed by atoms with Crippen LogP contribution in [0.25, 0.3) is 0 Å². The van der Waals surface area contributed by atoms with E-state index in [1.165, 1.54) is 0 Å². The van der Waals surface area contributed by atoms with Crippen molar-refractivity contribution in [2.75, 3.05) is 19.6 Å². The molecule has 8 heteroatoms. The Kier molecular flexibility index (Phi) is 4.75. The second-order valence-corrected chi connectivity index (χ2v) is 7.03. The first-order valence-electron chi connectivity index (χ1n) is 9.33. The van der Waals surface area contributed by atoms with E-state index in [9.17, 15) is 19.2 Å². The third-order valence-corrected chi connectivity index (χ3v) is 5.21. The van der Waals surface area contributed by atoms with Crippen LogP contribution in [0.2, 0.25) is 0 Å². The minimum atomic E-state index is -1.31. The summed E-state index contributed by atoms with van der Waals surface area (Å²) in [7, 11) is 0. The van der Waals surface area contributed by atoms with E-state index in [1.54, 1.807) is 24.3 Å². The molecule has 2 heterocycles. The molecule has 0 saturated carbocycles. The van der Waals surface area contributed by atoms with E-state index in [2.05, 4.69) is 10.6 Å². The van der Waals surface area contributed by atoms with Gasteiger partial charge in [0.2, 0.25) is 0 Å². The van der Waals surface area contributed by atoms with Crippen LogP contribution in [0.4, 0.5) is 9.59 Å². The smallest absolute Gasteiger partial charge is 0.325 e. The highest BCUT2D eigenvalue weighted by atomic mass is 16.2. The van der Waals surface area contributed by atoms with Crippen molar-refractivity contribution in [3.05, 3.63) is 71.8 Å². The van der Waals surface area contributed by atoms with Crippen molar-refractivity contribution < 1.29 is 19.2 Å². The summed E-state index contributed by atoms with van der Waals surface area (Å²) in [5.41, 5.74) is 0.195. The van der Waals surface area contributed by atoms with E-state index < -0.39 is 36.0 Å². The monoisotopic (exact) mass is 392 g/mol. The molecule has 2 aliphatic heterocycles. The minimum absolute atomic E-state index is 0.217. The van der Waals surface area contributed by atoms with Gasteiger partial charge >= 0.3 is 12.1 Å². The molecule has 6 amide bonds. The topological polar surface area (TPSA) is 98.8 Å². The molecule has 1 atom stereocenters. The third-order valence-electron chi connectivity index (χ3n) is 5.21. The van der Waals surface area contributed by atoms with Gasteiger partial charge in [-0.15, -0.1) is 0 Å². The predicted octanol–water partition coefficient (Wildman–Crippen LogP) is 1.23. The molecule has 2 aromatic rings. The number of amides is 6. The Balaban J connectivity index is 1.65. The fourth-order valence-electron chi connectivity index (χ4n) is 3.74. The van der Waals surface area contributed by atoms with Crippen LogP contribution in [-0.2, 0) is 21.5 Å². The molecule has 29 heavy (non-hydrogen) atoms. The van der Waals surface area contributed by atoms with Crippen LogP contribution in [-0.4, -0.2) is 53.3 Å². The van der Waals surface area contributed by atoms with Gasteiger partial charge in [-0.05, 0) is 11.1 Å². The largest absolute Gasteiger partial charge is 0.336 e. The summed E-state index contributed by atoms with van der Waals surface area (Å²) in [4.78, 5) is 52.3. The van der Waals surface area contributed by atoms with Gasteiger partial charge in [0, 0.05) is 19.5 Å². The molecule has 0 aliphatic carbocycles. The van der Waals surface area contributed by atoms with Crippen LogP contribution in [0.3, 0.4) is 0 Å². The first kappa shape index (κ1) is 18.7. The summed E-state index contributed by atoms with van der Waals surface area (Å²) < 4.78 is 0. The lowest BCUT2D eigenvalue weighted by Gasteiger charge is -2.27. The lowest BCUT2D eigenvalue weighted by atomic mass is 9.83. The molecular formula is C21H20N4O4. The summed E-state index contributed by atoms with van der Waals surface area (Å²) in [6, 6.07) is 17.2. The average molecular weight is 392 g/mol. The van der Waals surface area contributed by atoms with Crippen molar-refractivity contribution in [1.29, 1.82) is 0 Å². The Bertz CT molecular complexity index is 963. The standard InChI is InChI=1S/C21H20N4O4/c26-17(24-12-11-22-19(24)28)14-25-18(27)21(23-20(25)29,16-9-5-2-6-10-16)13-15-7-3-1-4-8-15/h1-10H,11-14H2,(H,22,28)(H,23,29)/t21-/m0/s1. The molecule has 4 rings (SSSR count). The van der Waals surface area contributed by atoms with Crippen molar-refractivity contribution in [2.24, 2.45) is 0 Å². The zero-order valence-corrected chi connectivity index (χ0v) is 15.6. The highest BCUT2D eigenvalue weighted by molar-refractivity contribution is 6.10. The number of rotatable bonds is 5. The molecule has 0 bridgehead atoms. The van der Waals surface area contributed by atoms with Crippen molar-refractivity contribution in [1.82, 2.24) is 20.4 Å². The number of carbonyl (C=O) groups excluding carboxylic acids is 4. The maximum absolute atomic E-state index is 13.4. The number of imide groups is 2. The van der Waals surface area contributed by atoms with Gasteiger partial charge in [-0.2, -0.15) is 0 Å². The summed E-state index contributed by atoms with van der Waals surface area (Å²) >= 11 is 0. The second kappa shape index (κ2) is 7.38. The van der Waals surface area contributed by atoms with Crippen molar-refractivity contribution >= 4 is 23.9 Å². The first-order chi connectivity index (χ1) is 14.0. The molecule has 2 aromatic carbocycles. The summed E-state index contributed by atoms with van der Waals surface area (Å²) in [6.07, 6.45) is 0.247. The van der Waals surface area contributed by atoms with E-state index in [4.69, 9.17) is 0 Å². The zero-order chi connectivity index (χ0) is 20.4. The van der Waals surface area contributed by atoms with E-state index in [0.29, 0.717) is 12.1 Å². The maximum atomic E-state index is 13.4. The van der Waals surface area contributed by atoms with Crippen LogP contribution in [0.5, 0.6) is 0 Å². The van der Waals surface area contributed by atoms with Gasteiger partial charge in [0.25, 0.3) is 11.8 Å². The molecule has 0 radical (unpaired) electrons. The van der Waals surface area contributed by atoms with Crippen LogP contribution in [0.15, 0.2) is 60.7 Å². The Morgan fingerprint density at radius 1 is 0.931 bits per heavy atom. The molecule has 0 aromatic heterocycles. The summed E-state index contributed by atoms with van der Waals surface area (Å²) in [6.45, 7) is 0.0866. The number of carbonyl (C=O) groups is 4. The normalized spacial score (nSPS) is 21.3. The van der Waals surface area contributed by atoms with Crippen LogP contribution < -0.4 is 10.6 Å². The zero-order valence-electron chi connectivity index (χ0n) is 15.6. The quantitative estimate of drug-likeness (QED) is 0.748. The molecule has 2 aliphatic rings. The minimum Gasteiger partial charge on any atom is -0.336 e. The van der Waals surface area contributed by atoms with E-state index in [-0.39, 0.29) is 13.0 Å². The van der Waals surface area contributed by atoms with Crippen molar-refractivity contribution in [3.63, 3.8) is 0 Å². The highest BCUT2D eigenvalue weighted by Gasteiger charge is 2.53. The highest BCUT2D eigenvalue weighted by Crippen LogP contribution is 2.33. The molecule has 8 nitrogen and oxygen atoms in total. The summed E-state index contributed by atoms with van der Waals surface area (Å²) in [5.74, 6) is -1.10. The Hall–Kier alpha value is -3.68. The first-order valence-corrected chi connectivity index (χ1v) is 9.33. The number of urea groups is 2. The SMILES string of the molecule is O=C(CN1C(=O)N[C@@](Cc2ccccc2)(c2ccccc2)C1=O)N1CCNC1=O. The van der Waals surface area contributed by atoms with Crippen LogP contribution in [0.1, 0.15) is 11.1 Å². The molecular weight excluding hydrogens is 372 g/mol. The molecule has 0 spiro atoms. The molecule has 148 valence electrons. The fraction of sp³-hybridized carbons (Fsp3) is 0.238. The Morgan fingerprint density at radius 2 is 1.59 bits per heavy atom. The second-order valence-electron chi connectivity index (χ2n) is 7.03. The van der Waals surface area contributed by atoms with Gasteiger partial charge in [0.05, 0.1) is 0 Å². The van der Waals surface area contributed by atoms with Gasteiger partial charge in [-0.1, -0.05) is 60.7 Å². The van der Waals surface area contributed by atoms with Gasteiger partial charge < -0.3 is 10.6 Å². The lowest BCUT2D eigenvalue weighted by Crippen LogP contribution is -2.47. The third kappa shape index (κ3) is 3.33. The van der Waals surface area contributed by atoms with Crippen LogP contribution >= 0.6 is 0 Å². The van der Waals surface area contributed by atoms with Crippen LogP contribution in [0, 0.1) is 0 Å². The number of nitrogens with one attached hydrogen (secondary N) is 2. The predicted molar refractivity (Wildman–Crippen MR) is 104 cm³/mol. The molecule has 2 fully saturated rings. The molecule has 2 N–H and O–H groups in total. The molecule has 0 unspecified atom stereocenters. The lowest BCUT2D eigenvalue weighted by molar-refractivity contribution is -0.137. The van der Waals surface area contributed by atoms with E-state index in [1.807, 2.05) is 36.4 Å². The summed E-state index contributed by atoms with van der Waals surface area (Å²) in [5, 5.41) is 5.34. The number of hydrogen-bond donors (Lipinski definition) is 2. The number of benzene rings is 2. The van der Waals surface area contributed by atoms with Gasteiger partial charge in [0.1, 0.15) is 6.54 Å². The Labute approximate surface area is 167 Å². The number of hydrogen-bond acceptors (Lipinski definition) is 4. The van der Waals surface area contributed by atoms with E-state index >= 15 is 0 Å². The molecule has 2 saturated heterocycles.